The lowest BCUT2D eigenvalue weighted by Gasteiger charge is -2.28. The number of methoxy groups -OCH3 is 1. The summed E-state index contributed by atoms with van der Waals surface area (Å²) in [6.07, 6.45) is 0.292. The Hall–Kier alpha value is -4.97. The van der Waals surface area contributed by atoms with E-state index >= 15 is 0 Å². The van der Waals surface area contributed by atoms with Crippen molar-refractivity contribution in [3.63, 3.8) is 0 Å². The summed E-state index contributed by atoms with van der Waals surface area (Å²) in [5.74, 6) is -1.60. The van der Waals surface area contributed by atoms with Gasteiger partial charge >= 0.3 is 0 Å². The number of halogens is 1. The number of carbonyl (C=O) groups is 3. The highest BCUT2D eigenvalue weighted by atomic mass is 35.5. The van der Waals surface area contributed by atoms with Crippen LogP contribution in [-0.4, -0.2) is 62.6 Å². The number of nitriles is 1. The van der Waals surface area contributed by atoms with E-state index in [2.05, 4.69) is 15.4 Å². The second-order valence-corrected chi connectivity index (χ2v) is 12.9. The van der Waals surface area contributed by atoms with Gasteiger partial charge in [0, 0.05) is 25.2 Å². The van der Waals surface area contributed by atoms with E-state index in [-0.39, 0.29) is 41.1 Å². The number of carbonyl (C=O) groups excluding carboxylic acids is 3. The lowest BCUT2D eigenvalue weighted by Crippen LogP contribution is -2.54. The molecule has 1 aliphatic rings. The van der Waals surface area contributed by atoms with Gasteiger partial charge in [0.15, 0.2) is 0 Å². The third kappa shape index (κ3) is 9.07. The van der Waals surface area contributed by atoms with Crippen molar-refractivity contribution in [1.29, 1.82) is 10.7 Å². The largest absolute Gasteiger partial charge is 0.495 e. The van der Waals surface area contributed by atoms with Gasteiger partial charge in [0.05, 0.1) is 35.1 Å². The maximum absolute atomic E-state index is 13.9. The van der Waals surface area contributed by atoms with Crippen LogP contribution in [0, 0.1) is 16.7 Å². The second kappa shape index (κ2) is 15.5. The average Bonchev–Trinajstić information content (AvgIpc) is 3.56. The Labute approximate surface area is 277 Å². The van der Waals surface area contributed by atoms with Gasteiger partial charge < -0.3 is 26.0 Å². The Morgan fingerprint density at radius 1 is 1.06 bits per heavy atom. The summed E-state index contributed by atoms with van der Waals surface area (Å²) < 4.78 is 34.3. The van der Waals surface area contributed by atoms with Crippen molar-refractivity contribution < 1.29 is 27.5 Å². The number of nitrogens with two attached hydrogens (primary N) is 1. The molecule has 246 valence electrons. The molecule has 1 aliphatic heterocycles. The van der Waals surface area contributed by atoms with Gasteiger partial charge in [0.1, 0.15) is 23.7 Å². The lowest BCUT2D eigenvalue weighted by molar-refractivity contribution is -0.140. The van der Waals surface area contributed by atoms with Crippen molar-refractivity contribution in [3.05, 3.63) is 94.0 Å². The van der Waals surface area contributed by atoms with Crippen LogP contribution < -0.4 is 25.8 Å². The van der Waals surface area contributed by atoms with Crippen molar-refractivity contribution in [3.8, 4) is 11.8 Å². The molecule has 0 radical (unpaired) electrons. The van der Waals surface area contributed by atoms with Crippen molar-refractivity contribution in [2.24, 2.45) is 5.73 Å². The first-order chi connectivity index (χ1) is 22.4. The Balaban J connectivity index is 1.51. The molecule has 6 N–H and O–H groups in total. The molecule has 0 saturated carbocycles. The molecular formula is C32H34ClN7O6S. The molecule has 3 aromatic rings. The van der Waals surface area contributed by atoms with E-state index < -0.39 is 46.2 Å². The number of likely N-dealkylation sites (tertiary alicyclic amines) is 1. The van der Waals surface area contributed by atoms with Crippen molar-refractivity contribution in [2.75, 3.05) is 13.7 Å². The van der Waals surface area contributed by atoms with E-state index in [0.29, 0.717) is 29.5 Å². The summed E-state index contributed by atoms with van der Waals surface area (Å²) in [6.45, 7) is 0.416. The molecule has 47 heavy (non-hydrogen) atoms. The van der Waals surface area contributed by atoms with Crippen LogP contribution >= 0.6 is 11.6 Å². The van der Waals surface area contributed by atoms with Crippen LogP contribution in [0.2, 0.25) is 5.02 Å². The molecule has 3 amide bonds. The molecule has 0 unspecified atom stereocenters. The number of hydrogen-bond donors (Lipinski definition) is 5. The molecule has 0 spiro atoms. The smallest absolute Gasteiger partial charge is 0.243 e. The molecule has 15 heteroatoms. The number of amidine groups is 1. The quantitative estimate of drug-likeness (QED) is 0.133. The molecule has 2 atom stereocenters. The predicted molar refractivity (Wildman–Crippen MR) is 174 cm³/mol. The van der Waals surface area contributed by atoms with Gasteiger partial charge in [-0.15, -0.1) is 0 Å². The molecule has 1 saturated heterocycles. The third-order valence-electron chi connectivity index (χ3n) is 7.56. The topological polar surface area (TPSA) is 208 Å². The molecule has 3 aromatic carbocycles. The number of rotatable bonds is 13. The van der Waals surface area contributed by atoms with Crippen molar-refractivity contribution in [1.82, 2.24) is 20.3 Å². The number of amides is 3. The van der Waals surface area contributed by atoms with E-state index in [1.54, 1.807) is 48.5 Å². The van der Waals surface area contributed by atoms with Crippen LogP contribution in [0.25, 0.3) is 0 Å². The summed E-state index contributed by atoms with van der Waals surface area (Å²) in [7, 11) is -2.99. The Morgan fingerprint density at radius 2 is 1.70 bits per heavy atom. The maximum Gasteiger partial charge on any atom is 0.243 e. The molecular weight excluding hydrogens is 646 g/mol. The van der Waals surface area contributed by atoms with Crippen molar-refractivity contribution in [2.45, 2.75) is 49.3 Å². The maximum atomic E-state index is 13.9. The zero-order chi connectivity index (χ0) is 34.1. The minimum absolute atomic E-state index is 0.0330. The van der Waals surface area contributed by atoms with Crippen molar-refractivity contribution >= 4 is 45.2 Å². The number of nitrogens with one attached hydrogen (secondary N) is 4. The van der Waals surface area contributed by atoms with E-state index in [0.717, 1.165) is 5.56 Å². The zero-order valence-electron chi connectivity index (χ0n) is 25.5. The zero-order valence-corrected chi connectivity index (χ0v) is 27.0. The van der Waals surface area contributed by atoms with Gasteiger partial charge in [-0.3, -0.25) is 19.8 Å². The standard InChI is InChI=1S/C32H34ClN7O6S/c1-46-28-13-12-24(15-25(28)33)47(44,45)39-26(16-29(41)37-18-21-6-4-20(17-34)5-7-21)32(43)40-14-2-3-27(40)31(42)38-19-22-8-10-23(11-9-22)30(35)36/h4-13,15,26-27,39H,2-3,14,16,18-19H2,1H3,(H3,35,36)(H,37,41)(H,38,42)/t26-,27-/m0/s1. The van der Waals surface area contributed by atoms with Crippen LogP contribution in [-0.2, 0) is 37.5 Å². The molecule has 4 rings (SSSR count). The minimum Gasteiger partial charge on any atom is -0.495 e. The first-order valence-corrected chi connectivity index (χ1v) is 16.4. The average molecular weight is 680 g/mol. The Morgan fingerprint density at radius 3 is 2.30 bits per heavy atom. The summed E-state index contributed by atoms with van der Waals surface area (Å²) in [5, 5.41) is 22.0. The molecule has 13 nitrogen and oxygen atoms in total. The van der Waals surface area contributed by atoms with Crippen LogP contribution in [0.15, 0.2) is 71.6 Å². The second-order valence-electron chi connectivity index (χ2n) is 10.8. The van der Waals surface area contributed by atoms with E-state index in [1.165, 1.54) is 30.2 Å². The van der Waals surface area contributed by atoms with Gasteiger partial charge in [0.2, 0.25) is 27.7 Å². The van der Waals surface area contributed by atoms with E-state index in [4.69, 9.17) is 32.7 Å². The SMILES string of the molecule is COc1ccc(S(=O)(=O)N[C@@H](CC(=O)NCc2ccc(C#N)cc2)C(=O)N2CCC[C@H]2C(=O)NCc2ccc(C(=N)N)cc2)cc1Cl. The summed E-state index contributed by atoms with van der Waals surface area (Å²) >= 11 is 6.16. The summed E-state index contributed by atoms with van der Waals surface area (Å²) in [6, 6.07) is 16.7. The van der Waals surface area contributed by atoms with Crippen LogP contribution in [0.5, 0.6) is 5.75 Å². The van der Waals surface area contributed by atoms with Gasteiger partial charge in [-0.2, -0.15) is 9.98 Å². The van der Waals surface area contributed by atoms with E-state index in [9.17, 15) is 22.8 Å². The number of hydrogen-bond acceptors (Lipinski definition) is 8. The normalized spacial score (nSPS) is 14.9. The number of benzene rings is 3. The molecule has 0 aliphatic carbocycles. The highest BCUT2D eigenvalue weighted by Crippen LogP contribution is 2.27. The molecule has 0 aromatic heterocycles. The molecule has 0 bridgehead atoms. The number of nitrogens with zero attached hydrogens (tertiary/aromatic N) is 2. The highest BCUT2D eigenvalue weighted by molar-refractivity contribution is 7.89. The number of nitrogen functional groups attached to an aromatic ring is 1. The monoisotopic (exact) mass is 679 g/mol. The van der Waals surface area contributed by atoms with Crippen LogP contribution in [0.1, 0.15) is 41.5 Å². The first-order valence-electron chi connectivity index (χ1n) is 14.5. The van der Waals surface area contributed by atoms with Crippen LogP contribution in [0.3, 0.4) is 0 Å². The first kappa shape index (κ1) is 34.9. The number of ether oxygens (including phenoxy) is 1. The summed E-state index contributed by atoms with van der Waals surface area (Å²) in [4.78, 5) is 41.3. The molecule has 1 heterocycles. The fraction of sp³-hybridized carbons (Fsp3) is 0.281. The van der Waals surface area contributed by atoms with E-state index in [1.807, 2.05) is 6.07 Å². The van der Waals surface area contributed by atoms with Gasteiger partial charge in [-0.05, 0) is 54.3 Å². The molecule has 1 fully saturated rings. The van der Waals surface area contributed by atoms with Crippen LogP contribution in [0.4, 0.5) is 0 Å². The summed E-state index contributed by atoms with van der Waals surface area (Å²) in [5.41, 5.74) is 7.94. The van der Waals surface area contributed by atoms with Gasteiger partial charge in [-0.1, -0.05) is 48.0 Å². The van der Waals surface area contributed by atoms with Gasteiger partial charge in [-0.25, -0.2) is 8.42 Å². The Kier molecular flexibility index (Phi) is 11.5. The minimum atomic E-state index is -4.37. The lowest BCUT2D eigenvalue weighted by atomic mass is 10.1. The fourth-order valence-corrected chi connectivity index (χ4v) is 6.55. The Bertz CT molecular complexity index is 1790. The van der Waals surface area contributed by atoms with Gasteiger partial charge in [0.25, 0.3) is 0 Å². The number of sulfonamides is 1. The fourth-order valence-electron chi connectivity index (χ4n) is 5.02. The predicted octanol–water partition coefficient (Wildman–Crippen LogP) is 2.17. The third-order valence-corrected chi connectivity index (χ3v) is 9.33. The highest BCUT2D eigenvalue weighted by Gasteiger charge is 2.39.